The number of carbonyl (C=O) groups is 1. The summed E-state index contributed by atoms with van der Waals surface area (Å²) in [5.41, 5.74) is 2.54. The SMILES string of the molecule is COc1cc(C2c3cc4c(cc3[C@@H](O)[C@H]3CCC(=O)C23)OCO4)cc(OC)c1OC. The first-order valence-electron chi connectivity index (χ1n) is 10.0. The van der Waals surface area contributed by atoms with Crippen LogP contribution >= 0.6 is 0 Å². The zero-order valence-electron chi connectivity index (χ0n) is 17.1. The molecule has 2 aromatic carbocycles. The maximum atomic E-state index is 13.0. The van der Waals surface area contributed by atoms with E-state index in [1.54, 1.807) is 21.3 Å². The van der Waals surface area contributed by atoms with Gasteiger partial charge in [0.05, 0.1) is 27.4 Å². The molecule has 7 heteroatoms. The Hall–Kier alpha value is -2.93. The van der Waals surface area contributed by atoms with Crippen LogP contribution in [0.5, 0.6) is 28.7 Å². The van der Waals surface area contributed by atoms with Crippen LogP contribution in [0.2, 0.25) is 0 Å². The first kappa shape index (κ1) is 19.1. The van der Waals surface area contributed by atoms with Gasteiger partial charge in [-0.15, -0.1) is 0 Å². The van der Waals surface area contributed by atoms with Crippen molar-refractivity contribution in [2.45, 2.75) is 24.9 Å². The fraction of sp³-hybridized carbons (Fsp3) is 0.435. The normalized spacial score (nSPS) is 26.2. The smallest absolute Gasteiger partial charge is 0.231 e. The van der Waals surface area contributed by atoms with Crippen molar-refractivity contribution in [1.29, 1.82) is 0 Å². The molecule has 0 saturated heterocycles. The maximum Gasteiger partial charge on any atom is 0.231 e. The number of ether oxygens (including phenoxy) is 5. The Morgan fingerprint density at radius 3 is 2.17 bits per heavy atom. The molecule has 0 amide bonds. The minimum absolute atomic E-state index is 0.144. The summed E-state index contributed by atoms with van der Waals surface area (Å²) in [7, 11) is 4.70. The summed E-state index contributed by atoms with van der Waals surface area (Å²) in [5, 5.41) is 11.1. The minimum atomic E-state index is -0.718. The Bertz CT molecular complexity index is 990. The number of carbonyl (C=O) groups excluding carboxylic acids is 1. The summed E-state index contributed by atoms with van der Waals surface area (Å²) >= 11 is 0. The van der Waals surface area contributed by atoms with Crippen molar-refractivity contribution in [3.63, 3.8) is 0 Å². The van der Waals surface area contributed by atoms with Gasteiger partial charge in [-0.1, -0.05) is 0 Å². The standard InChI is InChI=1S/C23H24O7/c1-26-18-6-11(7-19(27-2)23(18)28-3)20-13-8-16-17(30-10-29-16)9-14(13)22(25)12-4-5-15(24)21(12)20/h6-9,12,20-22,25H,4-5,10H2,1-3H3/t12-,20?,21?,22-/m0/s1. The first-order chi connectivity index (χ1) is 14.6. The molecule has 0 spiro atoms. The maximum absolute atomic E-state index is 13.0. The molecule has 0 bridgehead atoms. The summed E-state index contributed by atoms with van der Waals surface area (Å²) in [6, 6.07) is 7.53. The summed E-state index contributed by atoms with van der Waals surface area (Å²) in [6.45, 7) is 0.148. The van der Waals surface area contributed by atoms with Gasteiger partial charge in [-0.3, -0.25) is 4.79 Å². The molecule has 1 saturated carbocycles. The second-order valence-corrected chi connectivity index (χ2v) is 7.91. The Morgan fingerprint density at radius 1 is 0.933 bits per heavy atom. The van der Waals surface area contributed by atoms with Crippen LogP contribution in [0.4, 0.5) is 0 Å². The molecule has 0 aromatic heterocycles. The number of aliphatic hydroxyl groups excluding tert-OH is 1. The lowest BCUT2D eigenvalue weighted by molar-refractivity contribution is -0.122. The zero-order valence-corrected chi connectivity index (χ0v) is 17.1. The molecule has 158 valence electrons. The van der Waals surface area contributed by atoms with E-state index in [0.29, 0.717) is 41.6 Å². The Balaban J connectivity index is 1.74. The number of rotatable bonds is 4. The van der Waals surface area contributed by atoms with E-state index >= 15 is 0 Å². The van der Waals surface area contributed by atoms with Gasteiger partial charge in [-0.2, -0.15) is 0 Å². The number of hydrogen-bond donors (Lipinski definition) is 1. The molecule has 3 aliphatic rings. The van der Waals surface area contributed by atoms with Gasteiger partial charge < -0.3 is 28.8 Å². The summed E-state index contributed by atoms with van der Waals surface area (Å²) < 4.78 is 27.7. The highest BCUT2D eigenvalue weighted by Crippen LogP contribution is 2.57. The summed E-state index contributed by atoms with van der Waals surface area (Å²) in [6.07, 6.45) is 0.414. The van der Waals surface area contributed by atoms with Crippen molar-refractivity contribution in [3.05, 3.63) is 41.0 Å². The van der Waals surface area contributed by atoms with Crippen molar-refractivity contribution >= 4 is 5.78 Å². The molecule has 1 N–H and O–H groups in total. The van der Waals surface area contributed by atoms with E-state index in [0.717, 1.165) is 16.7 Å². The van der Waals surface area contributed by atoms with E-state index in [4.69, 9.17) is 23.7 Å². The number of ketones is 1. The van der Waals surface area contributed by atoms with E-state index in [-0.39, 0.29) is 30.3 Å². The lowest BCUT2D eigenvalue weighted by Gasteiger charge is -2.39. The highest BCUT2D eigenvalue weighted by molar-refractivity contribution is 5.86. The molecule has 2 aromatic rings. The van der Waals surface area contributed by atoms with Gasteiger partial charge in [-0.25, -0.2) is 0 Å². The predicted molar refractivity (Wildman–Crippen MR) is 107 cm³/mol. The fourth-order valence-corrected chi connectivity index (χ4v) is 5.27. The summed E-state index contributed by atoms with van der Waals surface area (Å²) in [4.78, 5) is 13.0. The topological polar surface area (TPSA) is 83.5 Å². The Morgan fingerprint density at radius 2 is 1.57 bits per heavy atom. The predicted octanol–water partition coefficient (Wildman–Crippen LogP) is 3.22. The number of Topliss-reactive ketones (excluding diaryl/α,β-unsaturated/α-hetero) is 1. The lowest BCUT2D eigenvalue weighted by Crippen LogP contribution is -2.33. The Labute approximate surface area is 174 Å². The van der Waals surface area contributed by atoms with Crippen LogP contribution in [0.15, 0.2) is 24.3 Å². The molecular formula is C23H24O7. The quantitative estimate of drug-likeness (QED) is 0.826. The van der Waals surface area contributed by atoms with Gasteiger partial charge in [0.25, 0.3) is 0 Å². The van der Waals surface area contributed by atoms with Gasteiger partial charge >= 0.3 is 0 Å². The van der Waals surface area contributed by atoms with E-state index < -0.39 is 6.10 Å². The average molecular weight is 412 g/mol. The molecular weight excluding hydrogens is 388 g/mol. The zero-order chi connectivity index (χ0) is 21.0. The summed E-state index contributed by atoms with van der Waals surface area (Å²) in [5.74, 6) is 2.25. The number of fused-ring (bicyclic) bond motifs is 3. The van der Waals surface area contributed by atoms with Crippen LogP contribution in [0, 0.1) is 11.8 Å². The van der Waals surface area contributed by atoms with E-state index in [1.807, 2.05) is 24.3 Å². The Kier molecular flexibility index (Phi) is 4.50. The minimum Gasteiger partial charge on any atom is -0.493 e. The molecule has 30 heavy (non-hydrogen) atoms. The van der Waals surface area contributed by atoms with Crippen LogP contribution in [0.1, 0.15) is 41.6 Å². The number of methoxy groups -OCH3 is 3. The first-order valence-corrected chi connectivity index (χ1v) is 10.0. The molecule has 5 rings (SSSR count). The molecule has 2 unspecified atom stereocenters. The van der Waals surface area contributed by atoms with Gasteiger partial charge in [-0.05, 0) is 47.4 Å². The fourth-order valence-electron chi connectivity index (χ4n) is 5.27. The monoisotopic (exact) mass is 412 g/mol. The van der Waals surface area contributed by atoms with E-state index in [2.05, 4.69) is 0 Å². The molecule has 1 fully saturated rings. The van der Waals surface area contributed by atoms with Crippen molar-refractivity contribution in [2.24, 2.45) is 11.8 Å². The second kappa shape index (κ2) is 7.09. The van der Waals surface area contributed by atoms with Crippen molar-refractivity contribution in [3.8, 4) is 28.7 Å². The largest absolute Gasteiger partial charge is 0.493 e. The van der Waals surface area contributed by atoms with Gasteiger partial charge in [0.15, 0.2) is 23.0 Å². The van der Waals surface area contributed by atoms with Crippen molar-refractivity contribution in [1.82, 2.24) is 0 Å². The van der Waals surface area contributed by atoms with Crippen molar-refractivity contribution in [2.75, 3.05) is 28.1 Å². The molecule has 7 nitrogen and oxygen atoms in total. The van der Waals surface area contributed by atoms with Crippen molar-refractivity contribution < 1.29 is 33.6 Å². The highest BCUT2D eigenvalue weighted by atomic mass is 16.7. The lowest BCUT2D eigenvalue weighted by atomic mass is 9.66. The van der Waals surface area contributed by atoms with Crippen LogP contribution < -0.4 is 23.7 Å². The van der Waals surface area contributed by atoms with Crippen LogP contribution in [0.25, 0.3) is 0 Å². The molecule has 0 radical (unpaired) electrons. The highest BCUT2D eigenvalue weighted by Gasteiger charge is 2.50. The third-order valence-electron chi connectivity index (χ3n) is 6.60. The second-order valence-electron chi connectivity index (χ2n) is 7.91. The molecule has 1 aliphatic heterocycles. The molecule has 1 heterocycles. The van der Waals surface area contributed by atoms with Gasteiger partial charge in [0, 0.05) is 24.2 Å². The number of benzene rings is 2. The number of hydrogen-bond acceptors (Lipinski definition) is 7. The van der Waals surface area contributed by atoms with Gasteiger partial charge in [0.1, 0.15) is 5.78 Å². The molecule has 2 aliphatic carbocycles. The van der Waals surface area contributed by atoms with Crippen LogP contribution in [-0.2, 0) is 4.79 Å². The van der Waals surface area contributed by atoms with E-state index in [1.165, 1.54) is 0 Å². The van der Waals surface area contributed by atoms with Crippen LogP contribution in [-0.4, -0.2) is 39.0 Å². The van der Waals surface area contributed by atoms with Crippen LogP contribution in [0.3, 0.4) is 0 Å². The third kappa shape index (κ3) is 2.65. The van der Waals surface area contributed by atoms with E-state index in [9.17, 15) is 9.90 Å². The number of aliphatic hydroxyl groups is 1. The third-order valence-corrected chi connectivity index (χ3v) is 6.60. The average Bonchev–Trinajstić information content (AvgIpc) is 3.38. The van der Waals surface area contributed by atoms with Gasteiger partial charge in [0.2, 0.25) is 12.5 Å². The molecule has 4 atom stereocenters.